The summed E-state index contributed by atoms with van der Waals surface area (Å²) in [5, 5.41) is 13.7. The van der Waals surface area contributed by atoms with E-state index in [1.807, 2.05) is 0 Å². The molecule has 25 heavy (non-hydrogen) atoms. The van der Waals surface area contributed by atoms with Crippen molar-refractivity contribution in [3.05, 3.63) is 39.9 Å². The lowest BCUT2D eigenvalue weighted by molar-refractivity contribution is -0.385. The van der Waals surface area contributed by atoms with Gasteiger partial charge >= 0.3 is 5.97 Å². The van der Waals surface area contributed by atoms with Crippen LogP contribution in [0.4, 0.5) is 5.69 Å². The van der Waals surface area contributed by atoms with Crippen molar-refractivity contribution in [1.82, 2.24) is 10.2 Å². The summed E-state index contributed by atoms with van der Waals surface area (Å²) >= 11 is 5.22. The summed E-state index contributed by atoms with van der Waals surface area (Å²) in [7, 11) is 0. The van der Waals surface area contributed by atoms with E-state index in [0.717, 1.165) is 0 Å². The molecular weight excluding hydrogens is 346 g/mol. The molecule has 1 aromatic carbocycles. The smallest absolute Gasteiger partial charge is 0.309 e. The van der Waals surface area contributed by atoms with Crippen LogP contribution in [0.3, 0.4) is 0 Å². The molecule has 1 amide bonds. The van der Waals surface area contributed by atoms with E-state index >= 15 is 0 Å². The zero-order valence-electron chi connectivity index (χ0n) is 13.8. The maximum atomic E-state index is 12.3. The van der Waals surface area contributed by atoms with Gasteiger partial charge in [0, 0.05) is 19.2 Å². The van der Waals surface area contributed by atoms with Crippen molar-refractivity contribution in [2.24, 2.45) is 5.92 Å². The number of carbonyl (C=O) groups is 2. The van der Waals surface area contributed by atoms with Crippen LogP contribution in [-0.2, 0) is 9.53 Å². The Kier molecular flexibility index (Phi) is 6.40. The Hall–Kier alpha value is -2.55. The first-order valence-electron chi connectivity index (χ1n) is 7.94. The van der Waals surface area contributed by atoms with Crippen molar-refractivity contribution >= 4 is 34.9 Å². The molecule has 9 heteroatoms. The summed E-state index contributed by atoms with van der Waals surface area (Å²) in [6.45, 7) is 3.14. The van der Waals surface area contributed by atoms with Crippen LogP contribution >= 0.6 is 12.2 Å². The van der Waals surface area contributed by atoms with Crippen molar-refractivity contribution in [1.29, 1.82) is 0 Å². The van der Waals surface area contributed by atoms with Crippen molar-refractivity contribution in [3.63, 3.8) is 0 Å². The number of rotatable bonds is 4. The number of hydrogen-bond acceptors (Lipinski definition) is 6. The molecule has 1 heterocycles. The molecule has 8 nitrogen and oxygen atoms in total. The Bertz CT molecular complexity index is 686. The molecule has 0 radical (unpaired) electrons. The van der Waals surface area contributed by atoms with E-state index in [4.69, 9.17) is 17.0 Å². The minimum absolute atomic E-state index is 0.0451. The summed E-state index contributed by atoms with van der Waals surface area (Å²) in [6.07, 6.45) is 1.17. The predicted molar refractivity (Wildman–Crippen MR) is 94.1 cm³/mol. The Labute approximate surface area is 150 Å². The van der Waals surface area contributed by atoms with Crippen LogP contribution in [0.25, 0.3) is 0 Å². The van der Waals surface area contributed by atoms with Gasteiger partial charge in [-0.2, -0.15) is 0 Å². The zero-order valence-corrected chi connectivity index (χ0v) is 14.6. The van der Waals surface area contributed by atoms with Crippen molar-refractivity contribution < 1.29 is 19.2 Å². The lowest BCUT2D eigenvalue weighted by Crippen LogP contribution is -2.47. The second kappa shape index (κ2) is 8.52. The largest absolute Gasteiger partial charge is 0.466 e. The Morgan fingerprint density at radius 2 is 2.00 bits per heavy atom. The molecule has 2 rings (SSSR count). The monoisotopic (exact) mass is 365 g/mol. The molecule has 0 bridgehead atoms. The zero-order chi connectivity index (χ0) is 18.4. The SMILES string of the molecule is CCOC(=O)C1CCN(C(=S)NC(=O)c2ccccc2[N+](=O)[O-])CC1. The Balaban J connectivity index is 1.94. The first kappa shape index (κ1) is 18.8. The average Bonchev–Trinajstić information content (AvgIpc) is 2.61. The van der Waals surface area contributed by atoms with E-state index in [1.165, 1.54) is 18.2 Å². The topological polar surface area (TPSA) is 102 Å². The van der Waals surface area contributed by atoms with Crippen LogP contribution in [0.5, 0.6) is 0 Å². The van der Waals surface area contributed by atoms with Gasteiger partial charge in [-0.25, -0.2) is 0 Å². The van der Waals surface area contributed by atoms with Crippen molar-refractivity contribution in [3.8, 4) is 0 Å². The van der Waals surface area contributed by atoms with E-state index in [0.29, 0.717) is 32.5 Å². The van der Waals surface area contributed by atoms with Gasteiger partial charge in [-0.15, -0.1) is 0 Å². The fourth-order valence-electron chi connectivity index (χ4n) is 2.65. The number of carbonyl (C=O) groups excluding carboxylic acids is 2. The number of likely N-dealkylation sites (tertiary alicyclic amines) is 1. The molecule has 1 aliphatic rings. The number of thiocarbonyl (C=S) groups is 1. The minimum atomic E-state index is -0.621. The third-order valence-corrected chi connectivity index (χ3v) is 4.33. The summed E-state index contributed by atoms with van der Waals surface area (Å²) in [5.74, 6) is -0.994. The van der Waals surface area contributed by atoms with Gasteiger partial charge in [-0.05, 0) is 38.0 Å². The van der Waals surface area contributed by atoms with E-state index in [9.17, 15) is 19.7 Å². The molecule has 1 saturated heterocycles. The number of hydrogen-bond donors (Lipinski definition) is 1. The molecule has 1 N–H and O–H groups in total. The Morgan fingerprint density at radius 3 is 2.60 bits per heavy atom. The molecule has 1 fully saturated rings. The maximum absolute atomic E-state index is 12.3. The van der Waals surface area contributed by atoms with Crippen LogP contribution in [0.1, 0.15) is 30.1 Å². The van der Waals surface area contributed by atoms with Gasteiger partial charge in [0.05, 0.1) is 17.4 Å². The number of esters is 1. The summed E-state index contributed by atoms with van der Waals surface area (Å²) in [4.78, 5) is 36.2. The Morgan fingerprint density at radius 1 is 1.36 bits per heavy atom. The van der Waals surface area contributed by atoms with Crippen LogP contribution in [-0.4, -0.2) is 46.5 Å². The van der Waals surface area contributed by atoms with E-state index in [1.54, 1.807) is 17.9 Å². The van der Waals surface area contributed by atoms with E-state index in [2.05, 4.69) is 5.32 Å². The molecule has 134 valence electrons. The minimum Gasteiger partial charge on any atom is -0.466 e. The van der Waals surface area contributed by atoms with E-state index in [-0.39, 0.29) is 28.3 Å². The van der Waals surface area contributed by atoms with Gasteiger partial charge in [-0.3, -0.25) is 25.0 Å². The highest BCUT2D eigenvalue weighted by molar-refractivity contribution is 7.80. The fraction of sp³-hybridized carbons (Fsp3) is 0.438. The predicted octanol–water partition coefficient (Wildman–Crippen LogP) is 1.88. The quantitative estimate of drug-likeness (QED) is 0.376. The van der Waals surface area contributed by atoms with Gasteiger partial charge in [0.25, 0.3) is 11.6 Å². The number of benzene rings is 1. The summed E-state index contributed by atoms with van der Waals surface area (Å²) in [5.41, 5.74) is -0.319. The molecular formula is C16H19N3O5S. The third-order valence-electron chi connectivity index (χ3n) is 3.97. The standard InChI is InChI=1S/C16H19N3O5S/c1-2-24-15(21)11-7-9-18(10-8-11)16(25)17-14(20)12-5-3-4-6-13(12)19(22)23/h3-6,11H,2,7-10H2,1H3,(H,17,20,25). The highest BCUT2D eigenvalue weighted by Crippen LogP contribution is 2.20. The van der Waals surface area contributed by atoms with Gasteiger partial charge in [0.15, 0.2) is 5.11 Å². The number of nitrogens with zero attached hydrogens (tertiary/aromatic N) is 2. The number of nitro groups is 1. The van der Waals surface area contributed by atoms with Crippen molar-refractivity contribution in [2.45, 2.75) is 19.8 Å². The van der Waals surface area contributed by atoms with Gasteiger partial charge in [-0.1, -0.05) is 12.1 Å². The molecule has 0 atom stereocenters. The number of nitro benzene ring substituents is 1. The highest BCUT2D eigenvalue weighted by atomic mass is 32.1. The van der Waals surface area contributed by atoms with E-state index < -0.39 is 10.8 Å². The molecule has 1 aromatic rings. The van der Waals surface area contributed by atoms with Crippen LogP contribution < -0.4 is 5.32 Å². The van der Waals surface area contributed by atoms with Gasteiger partial charge in [0.2, 0.25) is 0 Å². The number of nitrogens with one attached hydrogen (secondary N) is 1. The molecule has 0 aliphatic carbocycles. The summed E-state index contributed by atoms with van der Waals surface area (Å²) < 4.78 is 5.01. The lowest BCUT2D eigenvalue weighted by Gasteiger charge is -2.32. The van der Waals surface area contributed by atoms with Gasteiger partial charge < -0.3 is 9.64 Å². The molecule has 0 aromatic heterocycles. The molecule has 0 unspecified atom stereocenters. The number of para-hydroxylation sites is 1. The second-order valence-corrected chi connectivity index (χ2v) is 5.93. The first-order chi connectivity index (χ1) is 11.9. The molecule has 0 spiro atoms. The highest BCUT2D eigenvalue weighted by Gasteiger charge is 2.28. The van der Waals surface area contributed by atoms with Crippen molar-refractivity contribution in [2.75, 3.05) is 19.7 Å². The van der Waals surface area contributed by atoms with Crippen LogP contribution in [0.15, 0.2) is 24.3 Å². The second-order valence-electron chi connectivity index (χ2n) is 5.55. The fourth-order valence-corrected chi connectivity index (χ4v) is 2.92. The van der Waals surface area contributed by atoms with Gasteiger partial charge in [0.1, 0.15) is 5.56 Å². The molecule has 0 saturated carbocycles. The number of ether oxygens (including phenoxy) is 1. The molecule has 1 aliphatic heterocycles. The van der Waals surface area contributed by atoms with Crippen LogP contribution in [0.2, 0.25) is 0 Å². The number of amides is 1. The number of piperidine rings is 1. The third kappa shape index (κ3) is 4.72. The lowest BCUT2D eigenvalue weighted by atomic mass is 9.97. The first-order valence-corrected chi connectivity index (χ1v) is 8.35. The average molecular weight is 365 g/mol. The van der Waals surface area contributed by atoms with Crippen LogP contribution in [0, 0.1) is 16.0 Å². The maximum Gasteiger partial charge on any atom is 0.309 e. The normalized spacial score (nSPS) is 14.7. The summed E-state index contributed by atoms with van der Waals surface area (Å²) in [6, 6.07) is 5.69.